The number of hydrogen-bond donors (Lipinski definition) is 9. The molecule has 0 aliphatic rings. The van der Waals surface area contributed by atoms with Gasteiger partial charge in [-0.05, 0) is 133 Å². The van der Waals surface area contributed by atoms with Gasteiger partial charge in [0.05, 0.1) is 69.4 Å². The number of likely N-dealkylation sites (N-methyl/N-ethyl adjacent to an activating group) is 3. The number of carbonyl (C=O) groups excluding carboxylic acids is 4. The number of hydrogen-bond acceptors (Lipinski definition) is 39. The van der Waals surface area contributed by atoms with Gasteiger partial charge in [0.2, 0.25) is 41.4 Å². The van der Waals surface area contributed by atoms with Gasteiger partial charge in [-0.1, -0.05) is 97.1 Å². The number of allylic oxidation sites excluding steroid dienone is 2. The van der Waals surface area contributed by atoms with Crippen molar-refractivity contribution >= 4 is 249 Å². The molecule has 0 spiro atoms. The molecule has 718 valence electrons. The highest BCUT2D eigenvalue weighted by Crippen LogP contribution is 2.43. The Hall–Kier alpha value is -16.7. The number of benzene rings is 5. The number of ether oxygens (including phenoxy) is 7. The predicted molar refractivity (Wildman–Crippen MR) is 554 cm³/mol. The molecular formula is C97H86N26O12S7. The van der Waals surface area contributed by atoms with Crippen molar-refractivity contribution in [2.75, 3.05) is 92.5 Å². The fourth-order valence-corrected chi connectivity index (χ4v) is 21.7. The highest BCUT2D eigenvalue weighted by molar-refractivity contribution is 7.31. The van der Waals surface area contributed by atoms with E-state index in [1.807, 2.05) is 177 Å². The Kier molecular flexibility index (Phi) is 30.3. The summed E-state index contributed by atoms with van der Waals surface area (Å²) in [5.41, 5.74) is 28.2. The minimum Gasteiger partial charge on any atom is -0.471 e. The Morgan fingerprint density at radius 1 is 0.423 bits per heavy atom. The molecule has 19 aromatic rings. The lowest BCUT2D eigenvalue weighted by Gasteiger charge is -2.18. The molecule has 0 saturated carbocycles. The maximum Gasteiger partial charge on any atom is 0.407 e. The summed E-state index contributed by atoms with van der Waals surface area (Å²) < 4.78 is 52.4. The van der Waals surface area contributed by atoms with Gasteiger partial charge < -0.3 is 100 Å². The van der Waals surface area contributed by atoms with Gasteiger partial charge in [0.15, 0.2) is 22.5 Å². The van der Waals surface area contributed by atoms with Gasteiger partial charge in [0.1, 0.15) is 102 Å². The van der Waals surface area contributed by atoms with Crippen LogP contribution in [0, 0.1) is 34.0 Å². The van der Waals surface area contributed by atoms with Crippen molar-refractivity contribution in [2.24, 2.45) is 0 Å². The number of anilines is 6. The van der Waals surface area contributed by atoms with Crippen molar-refractivity contribution in [3.8, 4) is 35.8 Å². The molecule has 12 N–H and O–H groups in total. The van der Waals surface area contributed by atoms with Gasteiger partial charge in [-0.2, -0.15) is 45.7 Å². The quantitative estimate of drug-likeness (QED) is 0.00798. The lowest BCUT2D eigenvalue weighted by Crippen LogP contribution is -2.28. The van der Waals surface area contributed by atoms with Crippen LogP contribution in [0.1, 0.15) is 79.7 Å². The topological polar surface area (TPSA) is 530 Å². The maximum atomic E-state index is 12.3. The Labute approximate surface area is 836 Å². The molecule has 0 aliphatic heterocycles. The Bertz CT molecular complexity index is 7550. The number of alkyl carbamates (subject to hydrolysis) is 3. The van der Waals surface area contributed by atoms with Crippen LogP contribution in [0.5, 0.6) is 17.6 Å². The summed E-state index contributed by atoms with van der Waals surface area (Å²) in [6, 6.07) is 57.1. The van der Waals surface area contributed by atoms with E-state index in [-0.39, 0.29) is 63.1 Å². The van der Waals surface area contributed by atoms with Crippen LogP contribution in [0.25, 0.3) is 112 Å². The molecule has 3 amide bonds. The van der Waals surface area contributed by atoms with Crippen LogP contribution in [-0.2, 0) is 63.2 Å². The number of nitrogens with two attached hydrogens (primary N) is 3. The highest BCUT2D eigenvalue weighted by Gasteiger charge is 2.24. The number of imidazole rings is 3. The van der Waals surface area contributed by atoms with E-state index in [0.29, 0.717) is 119 Å². The molecule has 14 heterocycles. The molecule has 0 aliphatic carbocycles. The normalized spacial score (nSPS) is 11.7. The van der Waals surface area contributed by atoms with E-state index in [1.165, 1.54) is 41.7 Å². The van der Waals surface area contributed by atoms with Gasteiger partial charge in [-0.15, -0.1) is 79.4 Å². The van der Waals surface area contributed by atoms with E-state index < -0.39 is 29.9 Å². The van der Waals surface area contributed by atoms with Crippen LogP contribution in [0.2, 0.25) is 0 Å². The van der Waals surface area contributed by atoms with Crippen molar-refractivity contribution in [3.63, 3.8) is 0 Å². The summed E-state index contributed by atoms with van der Waals surface area (Å²) in [6.07, 6.45) is 8.31. The number of amides is 3. The number of thiophene rings is 6. The molecule has 5 aromatic carbocycles. The van der Waals surface area contributed by atoms with E-state index in [2.05, 4.69) is 127 Å². The molecule has 142 heavy (non-hydrogen) atoms. The third-order valence-electron chi connectivity index (χ3n) is 21.0. The average molecular weight is 2030 g/mol. The number of para-hydroxylation sites is 3. The number of carbonyl (C=O) groups is 4. The number of nitrogens with zero attached hydrogens (tertiary/aromatic N) is 17. The summed E-state index contributed by atoms with van der Waals surface area (Å²) in [7, 11) is 5.86. The van der Waals surface area contributed by atoms with Crippen LogP contribution < -0.4 is 62.1 Å². The number of fused-ring (bicyclic) bond motifs is 8. The number of oxazole rings is 1. The van der Waals surface area contributed by atoms with Crippen molar-refractivity contribution in [1.82, 2.24) is 85.7 Å². The highest BCUT2D eigenvalue weighted by atomic mass is 32.1. The molecule has 0 unspecified atom stereocenters. The Morgan fingerprint density at radius 2 is 0.789 bits per heavy atom. The molecule has 19 rings (SSSR count). The lowest BCUT2D eigenvalue weighted by atomic mass is 10.1. The van der Waals surface area contributed by atoms with E-state index >= 15 is 0 Å². The first-order valence-electron chi connectivity index (χ1n) is 43.6. The van der Waals surface area contributed by atoms with Crippen molar-refractivity contribution < 1.29 is 56.8 Å². The number of aromatic amines is 3. The largest absolute Gasteiger partial charge is 0.471 e. The molecule has 0 fully saturated rings. The fourth-order valence-electron chi connectivity index (χ4n) is 13.8. The lowest BCUT2D eigenvalue weighted by molar-refractivity contribution is -0.149. The van der Waals surface area contributed by atoms with Gasteiger partial charge in [0, 0.05) is 83.6 Å². The summed E-state index contributed by atoms with van der Waals surface area (Å²) in [5.74, 6) is 0.920. The fraction of sp³-hybridized carbons (Fsp3) is 0.196. The average Bonchev–Trinajstić information content (AvgIpc) is 1.61. The monoisotopic (exact) mass is 2030 g/mol. The summed E-state index contributed by atoms with van der Waals surface area (Å²) in [5, 5.41) is 41.2. The molecule has 0 radical (unpaired) electrons. The zero-order valence-corrected chi connectivity index (χ0v) is 82.3. The first-order valence-corrected chi connectivity index (χ1v) is 49.3. The summed E-state index contributed by atoms with van der Waals surface area (Å²) in [4.78, 5) is 113. The van der Waals surface area contributed by atoms with E-state index in [0.717, 1.165) is 106 Å². The number of esters is 1. The number of nitrogen functional groups attached to an aromatic ring is 3. The second-order valence-electron chi connectivity index (χ2n) is 32.4. The number of thiazole rings is 1. The Morgan fingerprint density at radius 3 is 1.16 bits per heavy atom. The summed E-state index contributed by atoms with van der Waals surface area (Å²) >= 11 is 11.1. The standard InChI is InChI=1S/C33H27N9O4S2.C33H27N9O3S3.C31H32N8O5S2/c1-42(27-14-26-25(48-27)13-22(47-26)12-21(15-34)30-39-23-4-2-3-5-24(23)46-30)10-11-44-33(43)36-16-19-6-8-20(9-7-19)17-45-31-28-29(38-18-37-28)40-32(35)41-31;1-42(27-14-26-25(47-27)13-22(46-26)12-21(15-34)31-39-23-4-2-3-5-24(23)48-31)10-11-44-33(43)36-16-19-6-8-20(9-7-19)17-45-30-28-29(38-18-37-28)40-32(35)41-30;1-31(2,3)44-28(40)20(14-32)11-21-12-22-23(45-21)13-24(46-22)39(4)9-10-42-30(41)34-15-18-5-7-19(8-6-18)16-43-27-25-26(36-17-35-25)37-29(33)38-27/h2*2-9,12-14,18H,10-11,16-17H2,1H3,(H,36,43)(H3,35,37,38,40,41);5-8,11-13,17H,9-10,15-16H2,1-4H3,(H,34,41)(H3,33,35,36,37,38)/b2*21-12+;20-11+. The maximum absolute atomic E-state index is 12.3. The van der Waals surface area contributed by atoms with E-state index in [9.17, 15) is 35.0 Å². The van der Waals surface area contributed by atoms with Crippen molar-refractivity contribution in [1.29, 1.82) is 15.8 Å². The van der Waals surface area contributed by atoms with Crippen molar-refractivity contribution in [2.45, 2.75) is 65.8 Å². The van der Waals surface area contributed by atoms with Crippen LogP contribution in [-0.4, -0.2) is 160 Å². The number of nitriles is 3. The van der Waals surface area contributed by atoms with Crippen LogP contribution in [0.3, 0.4) is 0 Å². The van der Waals surface area contributed by atoms with Crippen LogP contribution in [0.4, 0.5) is 47.2 Å². The number of aromatic nitrogens is 14. The SMILES string of the molecule is CN(CCOC(=O)NCc1ccc(COc2nc(N)nc3nc[nH]c23)cc1)c1cc2sc(/C=C(\C#N)C(=O)OC(C)(C)C)cc2s1.CN(CCOC(=O)NCc1ccc(COc2nc(N)nc3nc[nH]c23)cc1)c1cc2sc(/C=C(\C#N)c3nc4ccccc4o3)cc2s1.CN(CCOC(=O)NCc1ccc(COc2nc(N)nc3nc[nH]c23)cc1)c1cc2sc(/C=C(\C#N)c3nc4ccccc4s3)cc2s1. The third-order valence-corrected chi connectivity index (χ3v) is 29.1. The summed E-state index contributed by atoms with van der Waals surface area (Å²) in [6.45, 7) is 9.31. The molecule has 0 saturated heterocycles. The third kappa shape index (κ3) is 24.9. The minimum absolute atomic E-state index is 0.0409. The molecule has 38 nitrogen and oxygen atoms in total. The molecule has 45 heteroatoms. The Balaban J connectivity index is 0.000000147. The van der Waals surface area contributed by atoms with E-state index in [1.54, 1.807) is 89.6 Å². The van der Waals surface area contributed by atoms with Gasteiger partial charge in [-0.25, -0.2) is 44.1 Å². The molecule has 0 bridgehead atoms. The first-order chi connectivity index (χ1) is 68.8. The van der Waals surface area contributed by atoms with Gasteiger partial charge in [0.25, 0.3) is 0 Å². The predicted octanol–water partition coefficient (Wildman–Crippen LogP) is 18.6. The smallest absolute Gasteiger partial charge is 0.407 e. The van der Waals surface area contributed by atoms with Crippen LogP contribution >= 0.6 is 79.4 Å². The number of H-pyrrole nitrogens is 3. The van der Waals surface area contributed by atoms with E-state index in [4.69, 9.17) is 54.8 Å². The number of rotatable bonds is 33. The zero-order chi connectivity index (χ0) is 98.9. The minimum atomic E-state index is -0.679. The van der Waals surface area contributed by atoms with Crippen LogP contribution in [0.15, 0.2) is 187 Å². The molecule has 0 atom stereocenters. The molecule has 14 aromatic heterocycles. The zero-order valence-electron chi connectivity index (χ0n) is 76.6. The van der Waals surface area contributed by atoms with Crippen molar-refractivity contribution in [3.05, 3.63) is 241 Å². The van der Waals surface area contributed by atoms with Gasteiger partial charge >= 0.3 is 24.2 Å². The first kappa shape index (κ1) is 96.9. The second-order valence-corrected chi connectivity index (χ2v) is 39.9. The molecular weight excluding hydrogens is 1950 g/mol. The number of nitrogens with one attached hydrogen (secondary N) is 6. The van der Waals surface area contributed by atoms with Gasteiger partial charge in [-0.3, -0.25) is 0 Å². The second kappa shape index (κ2) is 44.4.